The van der Waals surface area contributed by atoms with Gasteiger partial charge in [0.1, 0.15) is 5.82 Å². The van der Waals surface area contributed by atoms with Crippen LogP contribution in [0, 0.1) is 5.92 Å². The van der Waals surface area contributed by atoms with Gasteiger partial charge in [0.25, 0.3) is 0 Å². The summed E-state index contributed by atoms with van der Waals surface area (Å²) in [4.78, 5) is 12.1. The maximum atomic E-state index is 6.32. The SMILES string of the molecule is N[C@H]1CCCN(c2nc(C3NNC4CNC(c5cccnc5)CC43)ccc2C2CC2)C1. The quantitative estimate of drug-likeness (QED) is 0.604. The molecule has 4 aliphatic rings. The summed E-state index contributed by atoms with van der Waals surface area (Å²) < 4.78 is 0. The van der Waals surface area contributed by atoms with Crippen molar-refractivity contribution in [3.8, 4) is 0 Å². The van der Waals surface area contributed by atoms with E-state index in [2.05, 4.69) is 44.3 Å². The lowest BCUT2D eigenvalue weighted by atomic mass is 9.81. The van der Waals surface area contributed by atoms with Crippen molar-refractivity contribution in [3.63, 3.8) is 0 Å². The maximum absolute atomic E-state index is 6.32. The molecule has 4 unspecified atom stereocenters. The molecule has 2 aromatic heterocycles. The van der Waals surface area contributed by atoms with Crippen molar-refractivity contribution in [2.24, 2.45) is 11.7 Å². The summed E-state index contributed by atoms with van der Waals surface area (Å²) in [5.74, 6) is 2.37. The van der Waals surface area contributed by atoms with Gasteiger partial charge in [-0.2, -0.15) is 0 Å². The first-order valence-corrected chi connectivity index (χ1v) is 11.9. The van der Waals surface area contributed by atoms with Crippen LogP contribution in [0.25, 0.3) is 0 Å². The third kappa shape index (κ3) is 3.84. The highest BCUT2D eigenvalue weighted by Gasteiger charge is 2.42. The number of anilines is 1. The molecule has 1 saturated carbocycles. The minimum atomic E-state index is 0.219. The second-order valence-electron chi connectivity index (χ2n) is 9.79. The van der Waals surface area contributed by atoms with Crippen LogP contribution in [0.1, 0.15) is 66.9 Å². The molecule has 6 rings (SSSR count). The molecular formula is C24H33N7. The number of rotatable bonds is 4. The summed E-state index contributed by atoms with van der Waals surface area (Å²) in [5.41, 5.74) is 17.3. The second-order valence-corrected chi connectivity index (χ2v) is 9.79. The molecule has 0 radical (unpaired) electrons. The first-order valence-electron chi connectivity index (χ1n) is 11.9. The first-order chi connectivity index (χ1) is 15.3. The number of hydrogen-bond donors (Lipinski definition) is 4. The third-order valence-electron chi connectivity index (χ3n) is 7.57. The highest BCUT2D eigenvalue weighted by molar-refractivity contribution is 5.52. The molecule has 5 atom stereocenters. The fourth-order valence-electron chi connectivity index (χ4n) is 5.72. The Labute approximate surface area is 184 Å². The topological polar surface area (TPSA) is 91.1 Å². The molecule has 4 fully saturated rings. The van der Waals surface area contributed by atoms with Crippen molar-refractivity contribution in [1.29, 1.82) is 0 Å². The summed E-state index contributed by atoms with van der Waals surface area (Å²) in [6, 6.07) is 10.0. The monoisotopic (exact) mass is 419 g/mol. The van der Waals surface area contributed by atoms with Gasteiger partial charge in [0.05, 0.1) is 11.7 Å². The van der Waals surface area contributed by atoms with Crippen molar-refractivity contribution in [2.45, 2.75) is 62.2 Å². The Kier molecular flexibility index (Phi) is 5.14. The molecular weight excluding hydrogens is 386 g/mol. The Balaban J connectivity index is 1.28. The fourth-order valence-corrected chi connectivity index (χ4v) is 5.72. The number of aromatic nitrogens is 2. The standard InChI is InChI=1S/C24H33N7/c25-17-4-2-10-31(14-17)24-18(15-5-6-15)7-8-20(28-24)23-19-11-21(16-3-1-9-26-12-16)27-13-22(19)29-30-23/h1,3,7-9,12,15,17,19,21-23,27,29-30H,2,4-6,10-11,13-14,25H2/t17-,19?,21?,22?,23?/m0/s1. The number of nitrogens with two attached hydrogens (primary N) is 1. The molecule has 3 saturated heterocycles. The van der Waals surface area contributed by atoms with Crippen molar-refractivity contribution in [2.75, 3.05) is 24.5 Å². The Bertz CT molecular complexity index is 915. The minimum Gasteiger partial charge on any atom is -0.355 e. The lowest BCUT2D eigenvalue weighted by Crippen LogP contribution is -2.46. The third-order valence-corrected chi connectivity index (χ3v) is 7.57. The Morgan fingerprint density at radius 3 is 2.84 bits per heavy atom. The molecule has 0 aromatic carbocycles. The summed E-state index contributed by atoms with van der Waals surface area (Å²) in [6.45, 7) is 2.94. The summed E-state index contributed by atoms with van der Waals surface area (Å²) in [6.07, 6.45) is 9.76. The largest absolute Gasteiger partial charge is 0.355 e. The number of hydrazine groups is 1. The van der Waals surface area contributed by atoms with Crippen LogP contribution in [0.5, 0.6) is 0 Å². The number of nitrogens with one attached hydrogen (secondary N) is 3. The van der Waals surface area contributed by atoms with Crippen LogP contribution in [0.4, 0.5) is 5.82 Å². The zero-order valence-electron chi connectivity index (χ0n) is 18.0. The van der Waals surface area contributed by atoms with Crippen molar-refractivity contribution < 1.29 is 0 Å². The van der Waals surface area contributed by atoms with E-state index >= 15 is 0 Å². The van der Waals surface area contributed by atoms with E-state index < -0.39 is 0 Å². The normalized spacial score (nSPS) is 33.3. The molecule has 1 aliphatic carbocycles. The Hall–Kier alpha value is -2.06. The molecule has 7 heteroatoms. The van der Waals surface area contributed by atoms with E-state index in [1.807, 2.05) is 18.5 Å². The van der Waals surface area contributed by atoms with E-state index in [4.69, 9.17) is 10.7 Å². The molecule has 7 nitrogen and oxygen atoms in total. The summed E-state index contributed by atoms with van der Waals surface area (Å²) in [5, 5.41) is 3.69. The van der Waals surface area contributed by atoms with Crippen LogP contribution in [-0.4, -0.2) is 41.7 Å². The fraction of sp³-hybridized carbons (Fsp3) is 0.583. The molecule has 2 aromatic rings. The van der Waals surface area contributed by atoms with Crippen LogP contribution >= 0.6 is 0 Å². The minimum absolute atomic E-state index is 0.219. The van der Waals surface area contributed by atoms with E-state index in [0.29, 0.717) is 23.9 Å². The van der Waals surface area contributed by atoms with Gasteiger partial charge in [0.15, 0.2) is 0 Å². The van der Waals surface area contributed by atoms with Crippen LogP contribution in [-0.2, 0) is 0 Å². The lowest BCUT2D eigenvalue weighted by molar-refractivity contribution is 0.265. The van der Waals surface area contributed by atoms with Gasteiger partial charge in [0, 0.05) is 56.1 Å². The zero-order valence-corrected chi connectivity index (χ0v) is 18.0. The molecule has 0 spiro atoms. The average molecular weight is 420 g/mol. The van der Waals surface area contributed by atoms with Gasteiger partial charge in [-0.15, -0.1) is 0 Å². The summed E-state index contributed by atoms with van der Waals surface area (Å²) in [7, 11) is 0. The highest BCUT2D eigenvalue weighted by atomic mass is 15.4. The van der Waals surface area contributed by atoms with Crippen LogP contribution in [0.2, 0.25) is 0 Å². The summed E-state index contributed by atoms with van der Waals surface area (Å²) >= 11 is 0. The molecule has 0 bridgehead atoms. The second kappa shape index (κ2) is 8.13. The van der Waals surface area contributed by atoms with Crippen molar-refractivity contribution in [3.05, 3.63) is 53.5 Å². The molecule has 0 amide bonds. The molecule has 5 heterocycles. The molecule has 164 valence electrons. The van der Waals surface area contributed by atoms with E-state index in [-0.39, 0.29) is 12.1 Å². The number of pyridine rings is 2. The Morgan fingerprint density at radius 1 is 1.10 bits per heavy atom. The smallest absolute Gasteiger partial charge is 0.132 e. The van der Waals surface area contributed by atoms with Crippen LogP contribution in [0.3, 0.4) is 0 Å². The van der Waals surface area contributed by atoms with Gasteiger partial charge in [-0.05, 0) is 61.3 Å². The van der Waals surface area contributed by atoms with E-state index in [1.54, 1.807) is 0 Å². The highest BCUT2D eigenvalue weighted by Crippen LogP contribution is 2.45. The van der Waals surface area contributed by atoms with Crippen LogP contribution in [0.15, 0.2) is 36.7 Å². The zero-order chi connectivity index (χ0) is 20.8. The number of fused-ring (bicyclic) bond motifs is 1. The van der Waals surface area contributed by atoms with Gasteiger partial charge in [0.2, 0.25) is 0 Å². The Morgan fingerprint density at radius 2 is 2.03 bits per heavy atom. The van der Waals surface area contributed by atoms with Gasteiger partial charge in [-0.25, -0.2) is 10.4 Å². The number of piperidine rings is 2. The number of hydrogen-bond acceptors (Lipinski definition) is 7. The average Bonchev–Trinajstić information content (AvgIpc) is 3.58. The van der Waals surface area contributed by atoms with Crippen molar-refractivity contribution >= 4 is 5.82 Å². The first kappa shape index (κ1) is 19.6. The molecule has 31 heavy (non-hydrogen) atoms. The number of nitrogens with zero attached hydrogens (tertiary/aromatic N) is 3. The van der Waals surface area contributed by atoms with Gasteiger partial charge < -0.3 is 16.0 Å². The van der Waals surface area contributed by atoms with E-state index in [9.17, 15) is 0 Å². The molecule has 3 aliphatic heterocycles. The van der Waals surface area contributed by atoms with Gasteiger partial charge in [-0.1, -0.05) is 12.1 Å². The predicted molar refractivity (Wildman–Crippen MR) is 122 cm³/mol. The van der Waals surface area contributed by atoms with E-state index in [0.717, 1.165) is 44.6 Å². The molecule has 5 N–H and O–H groups in total. The van der Waals surface area contributed by atoms with Gasteiger partial charge >= 0.3 is 0 Å². The maximum Gasteiger partial charge on any atom is 0.132 e. The lowest BCUT2D eigenvalue weighted by Gasteiger charge is -2.35. The van der Waals surface area contributed by atoms with Crippen molar-refractivity contribution in [1.82, 2.24) is 26.1 Å². The predicted octanol–water partition coefficient (Wildman–Crippen LogP) is 2.15. The van der Waals surface area contributed by atoms with E-state index in [1.165, 1.54) is 29.8 Å². The van der Waals surface area contributed by atoms with Gasteiger partial charge in [-0.3, -0.25) is 10.4 Å². The van der Waals surface area contributed by atoms with Crippen LogP contribution < -0.4 is 26.8 Å².